The number of pyridine rings is 1. The summed E-state index contributed by atoms with van der Waals surface area (Å²) in [5.41, 5.74) is 1.03. The molecule has 0 aliphatic carbocycles. The maximum absolute atomic E-state index is 8.74. The molecule has 18 heavy (non-hydrogen) atoms. The van der Waals surface area contributed by atoms with Crippen LogP contribution in [0.3, 0.4) is 0 Å². The SMILES string of the molecule is COC1CN(Cc2ccc(Cl)nc2)C(=CC#N)N1. The summed E-state index contributed by atoms with van der Waals surface area (Å²) in [6.45, 7) is 1.34. The summed E-state index contributed by atoms with van der Waals surface area (Å²) in [5, 5.41) is 12.3. The molecule has 0 bridgehead atoms. The van der Waals surface area contributed by atoms with Crippen LogP contribution in [0.1, 0.15) is 5.56 Å². The van der Waals surface area contributed by atoms with Gasteiger partial charge in [0.15, 0.2) is 0 Å². The number of methoxy groups -OCH3 is 1. The molecule has 1 unspecified atom stereocenters. The Morgan fingerprint density at radius 1 is 1.72 bits per heavy atom. The third kappa shape index (κ3) is 2.92. The lowest BCUT2D eigenvalue weighted by Gasteiger charge is -2.17. The number of hydrogen-bond donors (Lipinski definition) is 1. The van der Waals surface area contributed by atoms with E-state index in [0.29, 0.717) is 18.2 Å². The molecule has 5 nitrogen and oxygen atoms in total. The van der Waals surface area contributed by atoms with Crippen molar-refractivity contribution in [2.45, 2.75) is 12.8 Å². The van der Waals surface area contributed by atoms with E-state index in [-0.39, 0.29) is 6.23 Å². The van der Waals surface area contributed by atoms with Gasteiger partial charge in [0, 0.05) is 19.9 Å². The van der Waals surface area contributed by atoms with E-state index >= 15 is 0 Å². The molecule has 1 aromatic rings. The molecule has 1 aromatic heterocycles. The molecule has 94 valence electrons. The highest BCUT2D eigenvalue weighted by molar-refractivity contribution is 6.29. The summed E-state index contributed by atoms with van der Waals surface area (Å²) < 4.78 is 5.24. The lowest BCUT2D eigenvalue weighted by molar-refractivity contribution is 0.0930. The van der Waals surface area contributed by atoms with Crippen molar-refractivity contribution in [3.8, 4) is 6.07 Å². The Morgan fingerprint density at radius 2 is 2.56 bits per heavy atom. The molecule has 1 atom stereocenters. The van der Waals surface area contributed by atoms with Crippen LogP contribution in [-0.2, 0) is 11.3 Å². The van der Waals surface area contributed by atoms with E-state index in [4.69, 9.17) is 21.6 Å². The molecule has 2 rings (SSSR count). The molecule has 2 heterocycles. The van der Waals surface area contributed by atoms with Crippen molar-refractivity contribution in [3.63, 3.8) is 0 Å². The van der Waals surface area contributed by atoms with Crippen molar-refractivity contribution in [1.82, 2.24) is 15.2 Å². The Balaban J connectivity index is 2.10. The van der Waals surface area contributed by atoms with Gasteiger partial charge in [-0.15, -0.1) is 0 Å². The number of nitriles is 1. The van der Waals surface area contributed by atoms with Crippen molar-refractivity contribution in [2.75, 3.05) is 13.7 Å². The first-order valence-electron chi connectivity index (χ1n) is 5.47. The third-order valence-corrected chi connectivity index (χ3v) is 2.91. The first kappa shape index (κ1) is 12.7. The van der Waals surface area contributed by atoms with Gasteiger partial charge in [-0.2, -0.15) is 5.26 Å². The monoisotopic (exact) mass is 264 g/mol. The second kappa shape index (κ2) is 5.71. The second-order valence-corrected chi connectivity index (χ2v) is 4.28. The zero-order chi connectivity index (χ0) is 13.0. The normalized spacial score (nSPS) is 20.8. The van der Waals surface area contributed by atoms with Crippen molar-refractivity contribution < 1.29 is 4.74 Å². The van der Waals surface area contributed by atoms with Gasteiger partial charge in [-0.25, -0.2) is 4.98 Å². The van der Waals surface area contributed by atoms with Gasteiger partial charge in [-0.1, -0.05) is 17.7 Å². The molecule has 1 N–H and O–H groups in total. The van der Waals surface area contributed by atoms with Gasteiger partial charge in [0.05, 0.1) is 18.7 Å². The molecular formula is C12H13ClN4O. The second-order valence-electron chi connectivity index (χ2n) is 3.90. The summed E-state index contributed by atoms with van der Waals surface area (Å²) in [6.07, 6.45) is 3.11. The zero-order valence-electron chi connectivity index (χ0n) is 9.93. The molecule has 1 saturated heterocycles. The van der Waals surface area contributed by atoms with Gasteiger partial charge >= 0.3 is 0 Å². The van der Waals surface area contributed by atoms with Gasteiger partial charge in [0.25, 0.3) is 0 Å². The number of halogens is 1. The molecule has 0 spiro atoms. The van der Waals surface area contributed by atoms with Gasteiger partial charge in [-0.3, -0.25) is 0 Å². The van der Waals surface area contributed by atoms with Crippen LogP contribution >= 0.6 is 11.6 Å². The molecule has 6 heteroatoms. The van der Waals surface area contributed by atoms with E-state index in [1.807, 2.05) is 17.0 Å². The molecule has 1 aliphatic rings. The molecule has 1 aliphatic heterocycles. The summed E-state index contributed by atoms with van der Waals surface area (Å²) in [5.74, 6) is 0.763. The first-order valence-corrected chi connectivity index (χ1v) is 5.85. The van der Waals surface area contributed by atoms with Gasteiger partial charge in [-0.05, 0) is 11.6 Å². The van der Waals surface area contributed by atoms with Crippen molar-refractivity contribution in [2.24, 2.45) is 0 Å². The maximum atomic E-state index is 8.74. The number of rotatable bonds is 3. The highest BCUT2D eigenvalue weighted by Crippen LogP contribution is 2.17. The Bertz CT molecular complexity index is 480. The number of allylic oxidation sites excluding steroid dienone is 1. The highest BCUT2D eigenvalue weighted by atomic mass is 35.5. The van der Waals surface area contributed by atoms with Gasteiger partial charge in [0.2, 0.25) is 0 Å². The Morgan fingerprint density at radius 3 is 3.17 bits per heavy atom. The standard InChI is InChI=1S/C12H13ClN4O/c1-18-12-8-17(11(16-12)4-5-14)7-9-2-3-10(13)15-6-9/h2-4,6,12,16H,7-8H2,1H3. The largest absolute Gasteiger partial charge is 0.360 e. The average Bonchev–Trinajstić information content (AvgIpc) is 2.75. The first-order chi connectivity index (χ1) is 8.72. The van der Waals surface area contributed by atoms with E-state index < -0.39 is 0 Å². The third-order valence-electron chi connectivity index (χ3n) is 2.68. The van der Waals surface area contributed by atoms with E-state index in [2.05, 4.69) is 10.3 Å². The van der Waals surface area contributed by atoms with E-state index in [0.717, 1.165) is 11.4 Å². The van der Waals surface area contributed by atoms with Crippen LogP contribution in [0.25, 0.3) is 0 Å². The minimum atomic E-state index is -0.0927. The van der Waals surface area contributed by atoms with Crippen LogP contribution in [0.15, 0.2) is 30.2 Å². The van der Waals surface area contributed by atoms with Crippen molar-refractivity contribution in [1.29, 1.82) is 5.26 Å². The van der Waals surface area contributed by atoms with Crippen LogP contribution < -0.4 is 5.32 Å². The minimum absolute atomic E-state index is 0.0927. The number of nitrogens with zero attached hydrogens (tertiary/aromatic N) is 3. The molecular weight excluding hydrogens is 252 g/mol. The molecule has 0 radical (unpaired) electrons. The lowest BCUT2D eigenvalue weighted by atomic mass is 10.2. The summed E-state index contributed by atoms with van der Waals surface area (Å²) in [4.78, 5) is 6.06. The van der Waals surface area contributed by atoms with Crippen LogP contribution in [-0.4, -0.2) is 29.8 Å². The fraction of sp³-hybridized carbons (Fsp3) is 0.333. The number of ether oxygens (including phenoxy) is 1. The van der Waals surface area contributed by atoms with Crippen LogP contribution in [0, 0.1) is 11.3 Å². The summed E-state index contributed by atoms with van der Waals surface area (Å²) in [7, 11) is 1.63. The van der Waals surface area contributed by atoms with Crippen LogP contribution in [0.5, 0.6) is 0 Å². The highest BCUT2D eigenvalue weighted by Gasteiger charge is 2.25. The Kier molecular flexibility index (Phi) is 4.03. The smallest absolute Gasteiger partial charge is 0.146 e. The number of hydrogen-bond acceptors (Lipinski definition) is 5. The summed E-state index contributed by atoms with van der Waals surface area (Å²) in [6, 6.07) is 5.69. The summed E-state index contributed by atoms with van der Waals surface area (Å²) >= 11 is 5.74. The molecule has 0 amide bonds. The predicted octanol–water partition coefficient (Wildman–Crippen LogP) is 1.48. The van der Waals surface area contributed by atoms with E-state index in [1.54, 1.807) is 19.4 Å². The van der Waals surface area contributed by atoms with Crippen molar-refractivity contribution in [3.05, 3.63) is 40.9 Å². The average molecular weight is 265 g/mol. The quantitative estimate of drug-likeness (QED) is 0.662. The van der Waals surface area contributed by atoms with Crippen LogP contribution in [0.4, 0.5) is 0 Å². The number of nitrogens with one attached hydrogen (secondary N) is 1. The fourth-order valence-corrected chi connectivity index (χ4v) is 1.91. The lowest BCUT2D eigenvalue weighted by Crippen LogP contribution is -2.24. The minimum Gasteiger partial charge on any atom is -0.360 e. The Labute approximate surface area is 111 Å². The van der Waals surface area contributed by atoms with Crippen molar-refractivity contribution >= 4 is 11.6 Å². The molecule has 1 fully saturated rings. The van der Waals surface area contributed by atoms with E-state index in [9.17, 15) is 0 Å². The van der Waals surface area contributed by atoms with Gasteiger partial charge < -0.3 is 15.0 Å². The molecule has 0 aromatic carbocycles. The predicted molar refractivity (Wildman–Crippen MR) is 67.3 cm³/mol. The van der Waals surface area contributed by atoms with E-state index in [1.165, 1.54) is 6.08 Å². The topological polar surface area (TPSA) is 61.2 Å². The maximum Gasteiger partial charge on any atom is 0.146 e. The van der Waals surface area contributed by atoms with Gasteiger partial charge in [0.1, 0.15) is 17.2 Å². The zero-order valence-corrected chi connectivity index (χ0v) is 10.7. The number of aromatic nitrogens is 1. The Hall–Kier alpha value is -1.77. The van der Waals surface area contributed by atoms with Crippen LogP contribution in [0.2, 0.25) is 5.15 Å². The fourth-order valence-electron chi connectivity index (χ4n) is 1.80. The molecule has 0 saturated carbocycles.